The summed E-state index contributed by atoms with van der Waals surface area (Å²) in [4.78, 5) is 11.7. The molecule has 0 aliphatic heterocycles. The summed E-state index contributed by atoms with van der Waals surface area (Å²) in [5.74, 6) is 0.391. The maximum Gasteiger partial charge on any atom is 0.308 e. The van der Waals surface area contributed by atoms with Crippen LogP contribution < -0.4 is 0 Å². The molecule has 2 aromatic carbocycles. The zero-order valence-corrected chi connectivity index (χ0v) is 17.2. The number of rotatable bonds is 3. The lowest BCUT2D eigenvalue weighted by molar-refractivity contribution is -0.136. The van der Waals surface area contributed by atoms with Crippen LogP contribution in [0.15, 0.2) is 64.9 Å². The zero-order valence-electron chi connectivity index (χ0n) is 16.5. The van der Waals surface area contributed by atoms with Crippen LogP contribution in [0.25, 0.3) is 5.57 Å². The fourth-order valence-electron chi connectivity index (χ4n) is 3.93. The molecule has 0 N–H and O–H groups in total. The Labute approximate surface area is 166 Å². The molecule has 0 radical (unpaired) electrons. The minimum atomic E-state index is -0.355. The van der Waals surface area contributed by atoms with Crippen molar-refractivity contribution in [3.05, 3.63) is 87.1 Å². The van der Waals surface area contributed by atoms with Crippen LogP contribution in [-0.4, -0.2) is 5.97 Å². The SMILES string of the molecule is CC(=O)OC1=C(C)C(C)C(c2ccc(C)cc2C)C(c2ccccc2)=C1Cl. The summed E-state index contributed by atoms with van der Waals surface area (Å²) in [6.07, 6.45) is 0. The molecule has 0 amide bonds. The Bertz CT molecular complexity index is 938. The van der Waals surface area contributed by atoms with Gasteiger partial charge in [-0.15, -0.1) is 0 Å². The molecule has 3 heteroatoms. The monoisotopic (exact) mass is 380 g/mol. The third-order valence-corrected chi connectivity index (χ3v) is 5.75. The quantitative estimate of drug-likeness (QED) is 0.566. The standard InChI is InChI=1S/C24H25ClO2/c1-14-11-12-20(15(2)13-14)21-16(3)17(4)24(27-18(5)26)23(25)22(21)19-9-7-6-8-10-19/h6-13,16,21H,1-5H3. The molecule has 2 nitrogen and oxygen atoms in total. The van der Waals surface area contributed by atoms with Crippen molar-refractivity contribution in [2.24, 2.45) is 5.92 Å². The van der Waals surface area contributed by atoms with E-state index >= 15 is 0 Å². The molecule has 2 atom stereocenters. The predicted octanol–water partition coefficient (Wildman–Crippen LogP) is 6.52. The second-order valence-electron chi connectivity index (χ2n) is 7.33. The minimum Gasteiger partial charge on any atom is -0.425 e. The smallest absolute Gasteiger partial charge is 0.308 e. The van der Waals surface area contributed by atoms with E-state index in [0.717, 1.165) is 16.7 Å². The lowest BCUT2D eigenvalue weighted by Crippen LogP contribution is -2.22. The third kappa shape index (κ3) is 3.72. The number of hydrogen-bond acceptors (Lipinski definition) is 2. The summed E-state index contributed by atoms with van der Waals surface area (Å²) in [7, 11) is 0. The molecule has 0 saturated heterocycles. The molecule has 0 heterocycles. The number of ether oxygens (including phenoxy) is 1. The Balaban J connectivity index is 2.26. The summed E-state index contributed by atoms with van der Waals surface area (Å²) < 4.78 is 5.52. The fourth-order valence-corrected chi connectivity index (χ4v) is 4.35. The Morgan fingerprint density at radius 1 is 1.04 bits per heavy atom. The van der Waals surface area contributed by atoms with Gasteiger partial charge >= 0.3 is 5.97 Å². The van der Waals surface area contributed by atoms with Gasteiger partial charge in [-0.05, 0) is 54.5 Å². The Morgan fingerprint density at radius 2 is 1.70 bits per heavy atom. The molecule has 0 fully saturated rings. The van der Waals surface area contributed by atoms with Gasteiger partial charge in [-0.2, -0.15) is 0 Å². The lowest BCUT2D eigenvalue weighted by Gasteiger charge is -2.35. The fraction of sp³-hybridized carbons (Fsp3) is 0.292. The number of halogens is 1. The molecule has 2 aromatic rings. The van der Waals surface area contributed by atoms with E-state index in [1.807, 2.05) is 25.1 Å². The summed E-state index contributed by atoms with van der Waals surface area (Å²) in [6.45, 7) is 9.84. The number of aryl methyl sites for hydroxylation is 2. The first-order valence-corrected chi connectivity index (χ1v) is 9.60. The van der Waals surface area contributed by atoms with Gasteiger partial charge in [0.2, 0.25) is 0 Å². The van der Waals surface area contributed by atoms with Crippen molar-refractivity contribution in [1.82, 2.24) is 0 Å². The summed E-state index contributed by atoms with van der Waals surface area (Å²) >= 11 is 6.86. The highest BCUT2D eigenvalue weighted by atomic mass is 35.5. The van der Waals surface area contributed by atoms with Crippen LogP contribution in [0.2, 0.25) is 0 Å². The van der Waals surface area contributed by atoms with Gasteiger partial charge in [0.05, 0.1) is 5.03 Å². The lowest BCUT2D eigenvalue weighted by atomic mass is 9.71. The largest absolute Gasteiger partial charge is 0.425 e. The first-order valence-electron chi connectivity index (χ1n) is 9.23. The van der Waals surface area contributed by atoms with Crippen LogP contribution >= 0.6 is 11.6 Å². The van der Waals surface area contributed by atoms with Crippen LogP contribution in [0.3, 0.4) is 0 Å². The van der Waals surface area contributed by atoms with E-state index < -0.39 is 0 Å². The molecule has 2 unspecified atom stereocenters. The predicted molar refractivity (Wildman–Crippen MR) is 112 cm³/mol. The zero-order chi connectivity index (χ0) is 19.7. The molecule has 3 rings (SSSR count). The van der Waals surface area contributed by atoms with Crippen molar-refractivity contribution in [2.45, 2.75) is 40.5 Å². The van der Waals surface area contributed by atoms with Gasteiger partial charge in [0.1, 0.15) is 5.76 Å². The number of hydrogen-bond donors (Lipinski definition) is 0. The topological polar surface area (TPSA) is 26.3 Å². The van der Waals surface area contributed by atoms with Crippen molar-refractivity contribution in [3.8, 4) is 0 Å². The first kappa shape index (κ1) is 19.4. The molecule has 1 aliphatic rings. The average Bonchev–Trinajstić information content (AvgIpc) is 2.63. The maximum absolute atomic E-state index is 11.7. The Morgan fingerprint density at radius 3 is 2.30 bits per heavy atom. The van der Waals surface area contributed by atoms with Gasteiger partial charge in [0.15, 0.2) is 0 Å². The van der Waals surface area contributed by atoms with E-state index in [2.05, 4.69) is 51.1 Å². The second-order valence-corrected chi connectivity index (χ2v) is 7.70. The minimum absolute atomic E-state index is 0.0970. The molecule has 27 heavy (non-hydrogen) atoms. The molecule has 1 aliphatic carbocycles. The molecule has 0 aromatic heterocycles. The van der Waals surface area contributed by atoms with Crippen molar-refractivity contribution >= 4 is 23.1 Å². The van der Waals surface area contributed by atoms with E-state index in [4.69, 9.17) is 16.3 Å². The van der Waals surface area contributed by atoms with Crippen molar-refractivity contribution in [2.75, 3.05) is 0 Å². The van der Waals surface area contributed by atoms with E-state index in [9.17, 15) is 4.79 Å². The van der Waals surface area contributed by atoms with Gasteiger partial charge in [-0.1, -0.05) is 72.6 Å². The molecule has 0 bridgehead atoms. The number of esters is 1. The van der Waals surface area contributed by atoms with Crippen LogP contribution in [0, 0.1) is 19.8 Å². The molecule has 0 saturated carbocycles. The maximum atomic E-state index is 11.7. The van der Waals surface area contributed by atoms with Crippen LogP contribution in [0.1, 0.15) is 48.9 Å². The number of carbonyl (C=O) groups is 1. The molecular weight excluding hydrogens is 356 g/mol. The third-order valence-electron chi connectivity index (χ3n) is 5.38. The normalized spacial score (nSPS) is 20.1. The Kier molecular flexibility index (Phi) is 5.57. The average molecular weight is 381 g/mol. The van der Waals surface area contributed by atoms with Crippen molar-refractivity contribution < 1.29 is 9.53 Å². The van der Waals surface area contributed by atoms with Crippen molar-refractivity contribution in [1.29, 1.82) is 0 Å². The van der Waals surface area contributed by atoms with Crippen LogP contribution in [0.4, 0.5) is 0 Å². The second kappa shape index (κ2) is 7.74. The number of carbonyl (C=O) groups excluding carboxylic acids is 1. The van der Waals surface area contributed by atoms with Gasteiger partial charge in [0.25, 0.3) is 0 Å². The van der Waals surface area contributed by atoms with Crippen LogP contribution in [-0.2, 0) is 9.53 Å². The van der Waals surface area contributed by atoms with Crippen molar-refractivity contribution in [3.63, 3.8) is 0 Å². The van der Waals surface area contributed by atoms with Gasteiger partial charge in [0, 0.05) is 12.8 Å². The van der Waals surface area contributed by atoms with E-state index in [1.165, 1.54) is 23.6 Å². The van der Waals surface area contributed by atoms with Crippen LogP contribution in [0.5, 0.6) is 0 Å². The van der Waals surface area contributed by atoms with Gasteiger partial charge < -0.3 is 4.74 Å². The highest BCUT2D eigenvalue weighted by Gasteiger charge is 2.36. The Hall–Kier alpha value is -2.32. The molecule has 0 spiro atoms. The number of benzene rings is 2. The highest BCUT2D eigenvalue weighted by Crippen LogP contribution is 2.50. The summed E-state index contributed by atoms with van der Waals surface area (Å²) in [5.41, 5.74) is 6.80. The summed E-state index contributed by atoms with van der Waals surface area (Å²) in [5, 5.41) is 0.525. The first-order chi connectivity index (χ1) is 12.8. The summed E-state index contributed by atoms with van der Waals surface area (Å²) in [6, 6.07) is 16.7. The van der Waals surface area contributed by atoms with Gasteiger partial charge in [-0.25, -0.2) is 0 Å². The van der Waals surface area contributed by atoms with E-state index in [-0.39, 0.29) is 17.8 Å². The molecule has 140 valence electrons. The van der Waals surface area contributed by atoms with E-state index in [0.29, 0.717) is 10.8 Å². The molecular formula is C24H25ClO2. The van der Waals surface area contributed by atoms with E-state index in [1.54, 1.807) is 0 Å². The number of allylic oxidation sites excluding steroid dienone is 3. The van der Waals surface area contributed by atoms with Gasteiger partial charge in [-0.3, -0.25) is 4.79 Å². The highest BCUT2D eigenvalue weighted by molar-refractivity contribution is 6.35.